The molecule has 0 radical (unpaired) electrons. The quantitative estimate of drug-likeness (QED) is 0.646. The maximum Gasteiger partial charge on any atom is 0.417 e. The fourth-order valence-electron chi connectivity index (χ4n) is 3.00. The molecular formula is C19H19BrF3N3O4. The van der Waals surface area contributed by atoms with Gasteiger partial charge >= 0.3 is 18.2 Å². The van der Waals surface area contributed by atoms with Gasteiger partial charge in [0.1, 0.15) is 11.2 Å². The summed E-state index contributed by atoms with van der Waals surface area (Å²) in [6.07, 6.45) is -4.06. The maximum absolute atomic E-state index is 13.2. The van der Waals surface area contributed by atoms with Gasteiger partial charge in [0.2, 0.25) is 0 Å². The van der Waals surface area contributed by atoms with Crippen LogP contribution in [0.25, 0.3) is 10.9 Å². The summed E-state index contributed by atoms with van der Waals surface area (Å²) in [7, 11) is 0. The minimum absolute atomic E-state index is 0.00125. The highest BCUT2D eigenvalue weighted by molar-refractivity contribution is 9.10. The van der Waals surface area contributed by atoms with E-state index in [2.05, 4.69) is 26.2 Å². The predicted molar refractivity (Wildman–Crippen MR) is 107 cm³/mol. The Balaban J connectivity index is 1.89. The molecule has 1 aliphatic rings. The van der Waals surface area contributed by atoms with E-state index in [0.29, 0.717) is 0 Å². The molecule has 0 aliphatic carbocycles. The second-order valence-corrected chi connectivity index (χ2v) is 8.78. The highest BCUT2D eigenvalue weighted by atomic mass is 79.9. The first-order chi connectivity index (χ1) is 13.8. The second kappa shape index (κ2) is 7.60. The number of hydrogen-bond donors (Lipinski definition) is 2. The van der Waals surface area contributed by atoms with Crippen LogP contribution in [0.4, 0.5) is 23.7 Å². The first kappa shape index (κ1) is 22.1. The van der Waals surface area contributed by atoms with Crippen molar-refractivity contribution < 1.29 is 32.6 Å². The van der Waals surface area contributed by atoms with Gasteiger partial charge in [-0.3, -0.25) is 4.98 Å². The van der Waals surface area contributed by atoms with E-state index in [1.165, 1.54) is 11.0 Å². The van der Waals surface area contributed by atoms with Crippen LogP contribution in [0.5, 0.6) is 0 Å². The molecule has 1 aromatic carbocycles. The molecule has 0 saturated carbocycles. The van der Waals surface area contributed by atoms with Crippen molar-refractivity contribution in [2.45, 2.75) is 38.6 Å². The van der Waals surface area contributed by atoms with Crippen LogP contribution < -0.4 is 5.32 Å². The van der Waals surface area contributed by atoms with Crippen LogP contribution in [0.2, 0.25) is 0 Å². The van der Waals surface area contributed by atoms with Crippen molar-refractivity contribution in [2.24, 2.45) is 0 Å². The number of carbonyl (C=O) groups is 2. The number of amides is 1. The van der Waals surface area contributed by atoms with Gasteiger partial charge in [0, 0.05) is 29.1 Å². The number of pyridine rings is 1. The number of nitrogens with zero attached hydrogens (tertiary/aromatic N) is 2. The minimum atomic E-state index is -4.59. The van der Waals surface area contributed by atoms with Crippen LogP contribution >= 0.6 is 15.9 Å². The number of anilines is 1. The van der Waals surface area contributed by atoms with Crippen molar-refractivity contribution in [2.75, 3.05) is 18.4 Å². The molecule has 1 aliphatic heterocycles. The number of ether oxygens (including phenoxy) is 1. The summed E-state index contributed by atoms with van der Waals surface area (Å²) in [5.74, 6) is -1.27. The zero-order chi connectivity index (χ0) is 22.4. The monoisotopic (exact) mass is 489 g/mol. The van der Waals surface area contributed by atoms with Gasteiger partial charge in [0.15, 0.2) is 0 Å². The molecule has 3 rings (SSSR count). The van der Waals surface area contributed by atoms with E-state index in [0.717, 1.165) is 12.3 Å². The molecular weight excluding hydrogens is 471 g/mol. The molecule has 2 N–H and O–H groups in total. The summed E-state index contributed by atoms with van der Waals surface area (Å²) in [5, 5.41) is 12.8. The number of benzene rings is 1. The molecule has 162 valence electrons. The van der Waals surface area contributed by atoms with E-state index in [4.69, 9.17) is 4.74 Å². The number of nitrogens with one attached hydrogen (secondary N) is 1. The smallest absolute Gasteiger partial charge is 0.417 e. The highest BCUT2D eigenvalue weighted by Crippen LogP contribution is 2.39. The Bertz CT molecular complexity index is 1010. The Morgan fingerprint density at radius 1 is 1.27 bits per heavy atom. The molecule has 0 unspecified atom stereocenters. The Labute approximate surface area is 178 Å². The number of carboxylic acids is 1. The second-order valence-electron chi connectivity index (χ2n) is 7.93. The summed E-state index contributed by atoms with van der Waals surface area (Å²) in [6.45, 7) is 5.76. The van der Waals surface area contributed by atoms with E-state index >= 15 is 0 Å². The van der Waals surface area contributed by atoms with Gasteiger partial charge in [0.05, 0.1) is 22.8 Å². The molecule has 0 spiro atoms. The molecule has 1 aromatic heterocycles. The zero-order valence-corrected chi connectivity index (χ0v) is 17.9. The Morgan fingerprint density at radius 3 is 2.43 bits per heavy atom. The van der Waals surface area contributed by atoms with Crippen molar-refractivity contribution in [3.05, 3.63) is 33.9 Å². The van der Waals surface area contributed by atoms with E-state index in [-0.39, 0.29) is 45.8 Å². The van der Waals surface area contributed by atoms with Crippen LogP contribution in [-0.4, -0.2) is 51.8 Å². The largest absolute Gasteiger partial charge is 0.478 e. The number of halogens is 4. The molecule has 1 saturated heterocycles. The Hall–Kier alpha value is -2.56. The minimum Gasteiger partial charge on any atom is -0.478 e. The Kier molecular flexibility index (Phi) is 5.61. The molecule has 7 nitrogen and oxygen atoms in total. The molecule has 0 atom stereocenters. The van der Waals surface area contributed by atoms with Gasteiger partial charge in [-0.2, -0.15) is 13.2 Å². The standard InChI is InChI=1S/C19H19BrF3N3O4/c1-18(2,3)30-17(29)26-7-9(8-26)25-15-10-4-13(20)12(19(21,22)23)5-14(10)24-6-11(15)16(27)28/h4-6,9H,7-8H2,1-3H3,(H,24,25)(H,27,28). The topological polar surface area (TPSA) is 91.8 Å². The van der Waals surface area contributed by atoms with Crippen LogP contribution in [0.3, 0.4) is 0 Å². The summed E-state index contributed by atoms with van der Waals surface area (Å²) in [6, 6.07) is 1.77. The molecule has 1 amide bonds. The number of aromatic carboxylic acids is 1. The molecule has 1 fully saturated rings. The van der Waals surface area contributed by atoms with Gasteiger partial charge in [-0.25, -0.2) is 9.59 Å². The lowest BCUT2D eigenvalue weighted by atomic mass is 10.0. The van der Waals surface area contributed by atoms with Gasteiger partial charge in [0.25, 0.3) is 0 Å². The van der Waals surface area contributed by atoms with Crippen molar-refractivity contribution in [1.82, 2.24) is 9.88 Å². The van der Waals surface area contributed by atoms with E-state index in [1.54, 1.807) is 20.8 Å². The van der Waals surface area contributed by atoms with Crippen molar-refractivity contribution in [3.8, 4) is 0 Å². The summed E-state index contributed by atoms with van der Waals surface area (Å²) in [5.41, 5.74) is -1.58. The molecule has 2 heterocycles. The lowest BCUT2D eigenvalue weighted by Crippen LogP contribution is -2.58. The number of fused-ring (bicyclic) bond motifs is 1. The summed E-state index contributed by atoms with van der Waals surface area (Å²) < 4.78 is 44.6. The predicted octanol–water partition coefficient (Wildman–Crippen LogP) is 4.75. The average Bonchev–Trinajstić information content (AvgIpc) is 2.54. The number of carbonyl (C=O) groups excluding carboxylic acids is 1. The Morgan fingerprint density at radius 2 is 1.90 bits per heavy atom. The van der Waals surface area contributed by atoms with Gasteiger partial charge in [-0.1, -0.05) is 15.9 Å². The zero-order valence-electron chi connectivity index (χ0n) is 16.3. The van der Waals surface area contributed by atoms with Gasteiger partial charge in [-0.15, -0.1) is 0 Å². The third kappa shape index (κ3) is 4.61. The van der Waals surface area contributed by atoms with Crippen LogP contribution in [0, 0.1) is 0 Å². The molecule has 2 aromatic rings. The average molecular weight is 490 g/mol. The first-order valence-electron chi connectivity index (χ1n) is 8.93. The number of likely N-dealkylation sites (tertiary alicyclic amines) is 1. The normalized spacial score (nSPS) is 15.1. The van der Waals surface area contributed by atoms with Crippen LogP contribution in [0.1, 0.15) is 36.7 Å². The van der Waals surface area contributed by atoms with Gasteiger partial charge in [-0.05, 0) is 32.9 Å². The molecule has 11 heteroatoms. The maximum atomic E-state index is 13.2. The molecule has 0 bridgehead atoms. The number of alkyl halides is 3. The highest BCUT2D eigenvalue weighted by Gasteiger charge is 2.36. The van der Waals surface area contributed by atoms with Crippen molar-refractivity contribution in [1.29, 1.82) is 0 Å². The first-order valence-corrected chi connectivity index (χ1v) is 9.73. The van der Waals surface area contributed by atoms with Crippen LogP contribution in [-0.2, 0) is 10.9 Å². The van der Waals surface area contributed by atoms with E-state index in [9.17, 15) is 27.9 Å². The fraction of sp³-hybridized carbons (Fsp3) is 0.421. The van der Waals surface area contributed by atoms with Crippen molar-refractivity contribution >= 4 is 44.6 Å². The lowest BCUT2D eigenvalue weighted by molar-refractivity contribution is -0.138. The molecule has 30 heavy (non-hydrogen) atoms. The SMILES string of the molecule is CC(C)(C)OC(=O)N1CC(Nc2c(C(=O)O)cnc3cc(C(F)(F)F)c(Br)cc23)C1. The van der Waals surface area contributed by atoms with Gasteiger partial charge < -0.3 is 20.1 Å². The van der Waals surface area contributed by atoms with E-state index in [1.807, 2.05) is 0 Å². The lowest BCUT2D eigenvalue weighted by Gasteiger charge is -2.40. The number of rotatable bonds is 3. The summed E-state index contributed by atoms with van der Waals surface area (Å²) >= 11 is 2.91. The third-order valence-corrected chi connectivity index (χ3v) is 5.03. The number of aromatic nitrogens is 1. The number of carboxylic acid groups (broad SMARTS) is 1. The van der Waals surface area contributed by atoms with Crippen LogP contribution in [0.15, 0.2) is 22.8 Å². The third-order valence-electron chi connectivity index (χ3n) is 4.37. The number of hydrogen-bond acceptors (Lipinski definition) is 5. The summed E-state index contributed by atoms with van der Waals surface area (Å²) in [4.78, 5) is 29.0. The fourth-order valence-corrected chi connectivity index (χ4v) is 3.57. The van der Waals surface area contributed by atoms with Crippen molar-refractivity contribution in [3.63, 3.8) is 0 Å². The van der Waals surface area contributed by atoms with E-state index < -0.39 is 29.4 Å².